The third-order valence-electron chi connectivity index (χ3n) is 6.53. The quantitative estimate of drug-likeness (QED) is 0.422. The molecule has 1 aliphatic heterocycles. The highest BCUT2D eigenvalue weighted by molar-refractivity contribution is 6.30. The molecule has 0 spiro atoms. The van der Waals surface area contributed by atoms with E-state index in [1.54, 1.807) is 6.33 Å². The Labute approximate surface area is 209 Å². The Balaban J connectivity index is 1.34. The lowest BCUT2D eigenvalue weighted by atomic mass is 9.92. The second kappa shape index (κ2) is 9.72. The van der Waals surface area contributed by atoms with Crippen LogP contribution in [-0.4, -0.2) is 50.0 Å². The number of hydrogen-bond acceptors (Lipinski definition) is 7. The molecule has 1 N–H and O–H groups in total. The number of alkyl halides is 3. The zero-order chi connectivity index (χ0) is 25.4. The number of piperidine rings is 1. The summed E-state index contributed by atoms with van der Waals surface area (Å²) in [7, 11) is 0. The van der Waals surface area contributed by atoms with Gasteiger partial charge < -0.3 is 15.0 Å². The SMILES string of the molecule is Cc1cc(N2C[C@H]3CC[C@@H](C2)[C@H]3Nc2nc(Oc3cc(F)cc(Cl)c3)n(CCC(F)(F)F)n2)ncn1. The average molecular weight is 526 g/mol. The topological polar surface area (TPSA) is 81.0 Å². The van der Waals surface area contributed by atoms with E-state index in [-0.39, 0.29) is 40.6 Å². The maximum absolute atomic E-state index is 13.7. The van der Waals surface area contributed by atoms with Gasteiger partial charge in [-0.15, -0.1) is 5.10 Å². The molecule has 192 valence electrons. The van der Waals surface area contributed by atoms with E-state index in [9.17, 15) is 17.6 Å². The molecule has 3 heterocycles. The molecule has 0 amide bonds. The van der Waals surface area contributed by atoms with E-state index in [2.05, 4.69) is 30.3 Å². The van der Waals surface area contributed by atoms with Crippen LogP contribution in [0.5, 0.6) is 11.8 Å². The molecular weight excluding hydrogens is 502 g/mol. The molecule has 2 aliphatic rings. The van der Waals surface area contributed by atoms with Crippen LogP contribution < -0.4 is 15.0 Å². The number of ether oxygens (including phenoxy) is 1. The molecule has 1 saturated heterocycles. The molecule has 2 fully saturated rings. The lowest BCUT2D eigenvalue weighted by molar-refractivity contribution is -0.137. The number of halogens is 5. The lowest BCUT2D eigenvalue weighted by Crippen LogP contribution is -2.48. The highest BCUT2D eigenvalue weighted by Gasteiger charge is 2.43. The van der Waals surface area contributed by atoms with Crippen LogP contribution in [0.4, 0.5) is 29.3 Å². The standard InChI is InChI=1S/C23H24ClF4N7O/c1-13-6-19(30-12-29-13)34-10-14-2-3-15(11-34)20(14)31-21-32-22(35(33-21)5-4-23(26,27)28)36-18-8-16(24)7-17(25)9-18/h6-9,12,14-15,20H,2-5,10-11H2,1H3,(H,31,33)/t14-,15+,20+. The molecule has 1 saturated carbocycles. The van der Waals surface area contributed by atoms with Crippen LogP contribution >= 0.6 is 11.6 Å². The number of hydrogen-bond donors (Lipinski definition) is 1. The summed E-state index contributed by atoms with van der Waals surface area (Å²) in [4.78, 5) is 15.1. The summed E-state index contributed by atoms with van der Waals surface area (Å²) in [6.07, 6.45) is -1.93. The van der Waals surface area contributed by atoms with Crippen LogP contribution in [-0.2, 0) is 6.54 Å². The second-order valence-electron chi connectivity index (χ2n) is 9.20. The van der Waals surface area contributed by atoms with Gasteiger partial charge in [-0.05, 0) is 43.7 Å². The van der Waals surface area contributed by atoms with Crippen LogP contribution in [0.2, 0.25) is 5.02 Å². The zero-order valence-corrected chi connectivity index (χ0v) is 20.1. The van der Waals surface area contributed by atoms with Crippen LogP contribution in [0.25, 0.3) is 0 Å². The third kappa shape index (κ3) is 5.63. The molecule has 13 heteroatoms. The molecule has 3 atom stereocenters. The summed E-state index contributed by atoms with van der Waals surface area (Å²) >= 11 is 5.88. The molecule has 1 aromatic carbocycles. The fraction of sp³-hybridized carbons (Fsp3) is 0.478. The maximum atomic E-state index is 13.7. The van der Waals surface area contributed by atoms with Crippen LogP contribution in [0, 0.1) is 24.6 Å². The van der Waals surface area contributed by atoms with Gasteiger partial charge in [0.1, 0.15) is 23.7 Å². The number of nitrogens with one attached hydrogen (secondary N) is 1. The van der Waals surface area contributed by atoms with Crippen molar-refractivity contribution in [2.75, 3.05) is 23.3 Å². The summed E-state index contributed by atoms with van der Waals surface area (Å²) in [5.74, 6) is 1.000. The summed E-state index contributed by atoms with van der Waals surface area (Å²) in [5.41, 5.74) is 0.897. The maximum Gasteiger partial charge on any atom is 0.390 e. The number of rotatable bonds is 7. The van der Waals surface area contributed by atoms with E-state index in [0.29, 0.717) is 0 Å². The lowest BCUT2D eigenvalue weighted by Gasteiger charge is -2.38. The van der Waals surface area contributed by atoms with E-state index in [1.807, 2.05) is 13.0 Å². The van der Waals surface area contributed by atoms with Gasteiger partial charge in [0.05, 0.1) is 13.0 Å². The molecule has 0 radical (unpaired) electrons. The van der Waals surface area contributed by atoms with Crippen molar-refractivity contribution in [3.63, 3.8) is 0 Å². The highest BCUT2D eigenvalue weighted by atomic mass is 35.5. The Morgan fingerprint density at radius 2 is 1.86 bits per heavy atom. The normalized spacial score (nSPS) is 21.6. The van der Waals surface area contributed by atoms with Crippen molar-refractivity contribution in [2.24, 2.45) is 11.8 Å². The van der Waals surface area contributed by atoms with Crippen molar-refractivity contribution < 1.29 is 22.3 Å². The Bertz CT molecular complexity index is 1200. The Kier molecular flexibility index (Phi) is 6.62. The first-order chi connectivity index (χ1) is 17.1. The number of aryl methyl sites for hydroxylation is 2. The van der Waals surface area contributed by atoms with Crippen molar-refractivity contribution >= 4 is 23.4 Å². The molecule has 36 heavy (non-hydrogen) atoms. The summed E-state index contributed by atoms with van der Waals surface area (Å²) < 4.78 is 59.1. The molecule has 0 unspecified atom stereocenters. The molecule has 8 nitrogen and oxygen atoms in total. The number of benzene rings is 1. The van der Waals surface area contributed by atoms with Gasteiger partial charge in [-0.1, -0.05) is 11.6 Å². The van der Waals surface area contributed by atoms with Crippen molar-refractivity contribution in [3.8, 4) is 11.8 Å². The fourth-order valence-electron chi connectivity index (χ4n) is 4.94. The van der Waals surface area contributed by atoms with Crippen LogP contribution in [0.1, 0.15) is 25.0 Å². The fourth-order valence-corrected chi connectivity index (χ4v) is 5.16. The average Bonchev–Trinajstić information content (AvgIpc) is 3.26. The van der Waals surface area contributed by atoms with Crippen molar-refractivity contribution in [2.45, 2.75) is 44.9 Å². The second-order valence-corrected chi connectivity index (χ2v) is 9.64. The molecule has 3 aromatic rings. The smallest absolute Gasteiger partial charge is 0.390 e. The van der Waals surface area contributed by atoms with Crippen molar-refractivity contribution in [1.82, 2.24) is 24.7 Å². The van der Waals surface area contributed by atoms with Gasteiger partial charge in [-0.3, -0.25) is 0 Å². The van der Waals surface area contributed by atoms with Gasteiger partial charge in [0.2, 0.25) is 5.95 Å². The monoisotopic (exact) mass is 525 g/mol. The number of anilines is 2. The summed E-state index contributed by atoms with van der Waals surface area (Å²) in [5, 5.41) is 7.66. The highest BCUT2D eigenvalue weighted by Crippen LogP contribution is 2.40. The first-order valence-corrected chi connectivity index (χ1v) is 12.0. The number of aromatic nitrogens is 5. The first-order valence-electron chi connectivity index (χ1n) is 11.6. The predicted molar refractivity (Wildman–Crippen MR) is 125 cm³/mol. The Morgan fingerprint density at radius 1 is 1.11 bits per heavy atom. The van der Waals surface area contributed by atoms with E-state index in [4.69, 9.17) is 16.3 Å². The zero-order valence-electron chi connectivity index (χ0n) is 19.3. The minimum absolute atomic E-state index is 0.0146. The molecular formula is C23H24ClF4N7O. The van der Waals surface area contributed by atoms with Crippen molar-refractivity contribution in [3.05, 3.63) is 47.1 Å². The van der Waals surface area contributed by atoms with Gasteiger partial charge in [0, 0.05) is 42.0 Å². The van der Waals surface area contributed by atoms with Gasteiger partial charge >= 0.3 is 12.2 Å². The third-order valence-corrected chi connectivity index (χ3v) is 6.75. The summed E-state index contributed by atoms with van der Waals surface area (Å²) in [6.45, 7) is 3.00. The molecule has 2 bridgehead atoms. The predicted octanol–water partition coefficient (Wildman–Crippen LogP) is 5.24. The van der Waals surface area contributed by atoms with Crippen molar-refractivity contribution in [1.29, 1.82) is 0 Å². The van der Waals surface area contributed by atoms with Gasteiger partial charge in [0.25, 0.3) is 0 Å². The molecule has 5 rings (SSSR count). The van der Waals surface area contributed by atoms with E-state index >= 15 is 0 Å². The van der Waals surface area contributed by atoms with Gasteiger partial charge in [-0.25, -0.2) is 19.0 Å². The van der Waals surface area contributed by atoms with E-state index < -0.39 is 25.0 Å². The minimum atomic E-state index is -4.38. The summed E-state index contributed by atoms with van der Waals surface area (Å²) in [6, 6.07) is 5.36. The van der Waals surface area contributed by atoms with E-state index in [1.165, 1.54) is 6.07 Å². The largest absolute Gasteiger partial charge is 0.424 e. The Morgan fingerprint density at radius 3 is 2.53 bits per heavy atom. The number of nitrogens with zero attached hydrogens (tertiary/aromatic N) is 6. The van der Waals surface area contributed by atoms with Crippen LogP contribution in [0.15, 0.2) is 30.6 Å². The molecule has 2 aromatic heterocycles. The minimum Gasteiger partial charge on any atom is -0.424 e. The molecule has 1 aliphatic carbocycles. The first kappa shape index (κ1) is 24.5. The number of fused-ring (bicyclic) bond motifs is 2. The van der Waals surface area contributed by atoms with E-state index in [0.717, 1.165) is 54.3 Å². The van der Waals surface area contributed by atoms with Crippen LogP contribution in [0.3, 0.4) is 0 Å². The van der Waals surface area contributed by atoms with Gasteiger partial charge in [0.15, 0.2) is 0 Å². The van der Waals surface area contributed by atoms with Gasteiger partial charge in [-0.2, -0.15) is 18.2 Å². The Hall–Kier alpha value is -3.15.